The number of aryl methyl sites for hydroxylation is 1. The van der Waals surface area contributed by atoms with Crippen molar-refractivity contribution >= 4 is 28.7 Å². The Morgan fingerprint density at radius 3 is 2.39 bits per heavy atom. The molecule has 0 unspecified atom stereocenters. The second-order valence-electron chi connectivity index (χ2n) is 7.66. The second kappa shape index (κ2) is 8.66. The molecule has 1 amide bonds. The molecule has 1 heterocycles. The van der Waals surface area contributed by atoms with Crippen molar-refractivity contribution < 1.29 is 23.9 Å². The van der Waals surface area contributed by atoms with Crippen molar-refractivity contribution in [1.82, 2.24) is 15.1 Å². The highest BCUT2D eigenvalue weighted by molar-refractivity contribution is 6.04. The number of aromatic nitrogens is 2. The van der Waals surface area contributed by atoms with Gasteiger partial charge in [-0.1, -0.05) is 12.1 Å². The molecule has 4 aromatic rings. The van der Waals surface area contributed by atoms with E-state index < -0.39 is 5.97 Å². The number of carbonyl (C=O) groups is 3. The molecular weight excluding hydrogens is 425 g/mol. The number of nitrogens with zero attached hydrogens (tertiary/aromatic N) is 2. The summed E-state index contributed by atoms with van der Waals surface area (Å²) in [5.41, 5.74) is 3.58. The molecule has 0 bridgehead atoms. The fraction of sp³-hybridized carbons (Fsp3) is 0.120. The molecule has 8 heteroatoms. The smallest absolute Gasteiger partial charge is 0.335 e. The van der Waals surface area contributed by atoms with E-state index in [1.165, 1.54) is 29.8 Å². The first-order valence-corrected chi connectivity index (χ1v) is 10.2. The number of carbonyl (C=O) groups excluding carboxylic acids is 2. The summed E-state index contributed by atoms with van der Waals surface area (Å²) in [6, 6.07) is 15.5. The van der Waals surface area contributed by atoms with E-state index in [2.05, 4.69) is 10.4 Å². The Morgan fingerprint density at radius 1 is 1.03 bits per heavy atom. The molecule has 0 aliphatic carbocycles. The van der Waals surface area contributed by atoms with Crippen LogP contribution in [0.2, 0.25) is 0 Å². The van der Waals surface area contributed by atoms with Gasteiger partial charge >= 0.3 is 5.97 Å². The molecule has 7 nitrogen and oxygen atoms in total. The van der Waals surface area contributed by atoms with Gasteiger partial charge < -0.3 is 10.4 Å². The Bertz CT molecular complexity index is 1410. The summed E-state index contributed by atoms with van der Waals surface area (Å²) < 4.78 is 14.6. The van der Waals surface area contributed by atoms with Gasteiger partial charge in [0.25, 0.3) is 5.91 Å². The van der Waals surface area contributed by atoms with Crippen LogP contribution >= 0.6 is 0 Å². The fourth-order valence-corrected chi connectivity index (χ4v) is 3.68. The molecule has 0 radical (unpaired) electrons. The lowest BCUT2D eigenvalue weighted by Crippen LogP contribution is -2.22. The number of halogens is 1. The van der Waals surface area contributed by atoms with Crippen LogP contribution in [0.25, 0.3) is 22.2 Å². The van der Waals surface area contributed by atoms with Gasteiger partial charge in [-0.05, 0) is 66.6 Å². The van der Waals surface area contributed by atoms with Gasteiger partial charge in [0.2, 0.25) is 5.91 Å². The normalized spacial score (nSPS) is 10.9. The van der Waals surface area contributed by atoms with Gasteiger partial charge in [0.05, 0.1) is 11.1 Å². The van der Waals surface area contributed by atoms with Crippen LogP contribution in [-0.2, 0) is 6.54 Å². The third-order valence-corrected chi connectivity index (χ3v) is 5.33. The topological polar surface area (TPSA) is 101 Å². The first kappa shape index (κ1) is 21.9. The number of nitrogens with one attached hydrogen (secondary N) is 1. The summed E-state index contributed by atoms with van der Waals surface area (Å²) in [6.45, 7) is 3.31. The highest BCUT2D eigenvalue weighted by atomic mass is 19.1. The van der Waals surface area contributed by atoms with Crippen LogP contribution in [-0.4, -0.2) is 32.7 Å². The summed E-state index contributed by atoms with van der Waals surface area (Å²) in [4.78, 5) is 36.0. The van der Waals surface area contributed by atoms with Crippen molar-refractivity contribution in [2.24, 2.45) is 0 Å². The monoisotopic (exact) mass is 445 g/mol. The molecule has 0 aliphatic heterocycles. The molecule has 0 atom stereocenters. The van der Waals surface area contributed by atoms with Crippen molar-refractivity contribution in [3.63, 3.8) is 0 Å². The van der Waals surface area contributed by atoms with Crippen LogP contribution in [0.15, 0.2) is 60.7 Å². The van der Waals surface area contributed by atoms with Crippen LogP contribution in [0, 0.1) is 12.7 Å². The van der Waals surface area contributed by atoms with Gasteiger partial charge in [-0.25, -0.2) is 9.18 Å². The van der Waals surface area contributed by atoms with Crippen molar-refractivity contribution in [2.75, 3.05) is 0 Å². The Balaban J connectivity index is 1.64. The number of fused-ring (bicyclic) bond motifs is 1. The largest absolute Gasteiger partial charge is 0.478 e. The van der Waals surface area contributed by atoms with Gasteiger partial charge in [0.15, 0.2) is 0 Å². The lowest BCUT2D eigenvalue weighted by Gasteiger charge is -2.08. The number of benzene rings is 3. The van der Waals surface area contributed by atoms with Crippen LogP contribution in [0.4, 0.5) is 4.39 Å². The van der Waals surface area contributed by atoms with E-state index in [9.17, 15) is 18.8 Å². The Labute approximate surface area is 188 Å². The molecule has 4 rings (SSSR count). The summed E-state index contributed by atoms with van der Waals surface area (Å²) in [5.74, 6) is -2.01. The van der Waals surface area contributed by atoms with E-state index >= 15 is 0 Å². The minimum atomic E-state index is -1.00. The Hall–Kier alpha value is -4.33. The predicted molar refractivity (Wildman–Crippen MR) is 121 cm³/mol. The zero-order chi connectivity index (χ0) is 23.7. The van der Waals surface area contributed by atoms with Crippen LogP contribution in [0.5, 0.6) is 0 Å². The molecule has 0 fully saturated rings. The molecular formula is C25H20FN3O4. The maximum Gasteiger partial charge on any atom is 0.335 e. The minimum Gasteiger partial charge on any atom is -0.478 e. The second-order valence-corrected chi connectivity index (χ2v) is 7.66. The molecule has 0 aliphatic rings. The standard InChI is InChI=1S/C25H20FN3O4/c1-14-11-16(3-9-20(14)25(32)33)13-27-24(31)18-6-10-22-21(12-18)23(28-29(22)15(2)30)17-4-7-19(26)8-5-17/h3-12H,13H2,1-2H3,(H,27,31)(H,32,33). The number of hydrogen-bond donors (Lipinski definition) is 2. The van der Waals surface area contributed by atoms with Crippen LogP contribution < -0.4 is 5.32 Å². The summed E-state index contributed by atoms with van der Waals surface area (Å²) in [6.07, 6.45) is 0. The number of carboxylic acids is 1. The quantitative estimate of drug-likeness (QED) is 0.473. The molecule has 0 spiro atoms. The molecule has 33 heavy (non-hydrogen) atoms. The van der Waals surface area contributed by atoms with E-state index in [-0.39, 0.29) is 29.7 Å². The predicted octanol–water partition coefficient (Wildman–Crippen LogP) is 4.44. The summed E-state index contributed by atoms with van der Waals surface area (Å²) >= 11 is 0. The average molecular weight is 445 g/mol. The van der Waals surface area contributed by atoms with Crippen LogP contribution in [0.3, 0.4) is 0 Å². The summed E-state index contributed by atoms with van der Waals surface area (Å²) in [7, 11) is 0. The maximum absolute atomic E-state index is 13.4. The lowest BCUT2D eigenvalue weighted by molar-refractivity contribution is 0.0695. The van der Waals surface area contributed by atoms with E-state index in [0.29, 0.717) is 33.3 Å². The first-order valence-electron chi connectivity index (χ1n) is 10.2. The number of amides is 1. The fourth-order valence-electron chi connectivity index (χ4n) is 3.68. The van der Waals surface area contributed by atoms with Crippen molar-refractivity contribution in [3.8, 4) is 11.3 Å². The van der Waals surface area contributed by atoms with E-state index in [1.54, 1.807) is 49.4 Å². The summed E-state index contributed by atoms with van der Waals surface area (Å²) in [5, 5.41) is 16.9. The molecule has 1 aromatic heterocycles. The molecule has 2 N–H and O–H groups in total. The molecule has 0 saturated heterocycles. The number of carboxylic acid groups (broad SMARTS) is 1. The van der Waals surface area contributed by atoms with E-state index in [4.69, 9.17) is 5.11 Å². The van der Waals surface area contributed by atoms with Gasteiger partial charge in [-0.3, -0.25) is 9.59 Å². The zero-order valence-electron chi connectivity index (χ0n) is 17.9. The third kappa shape index (κ3) is 4.36. The maximum atomic E-state index is 13.4. The van der Waals surface area contributed by atoms with Crippen molar-refractivity contribution in [2.45, 2.75) is 20.4 Å². The molecule has 166 valence electrons. The Morgan fingerprint density at radius 2 is 1.76 bits per heavy atom. The molecule has 0 saturated carbocycles. The minimum absolute atomic E-state index is 0.214. The highest BCUT2D eigenvalue weighted by Crippen LogP contribution is 2.29. The van der Waals surface area contributed by atoms with Crippen molar-refractivity contribution in [3.05, 3.63) is 88.7 Å². The highest BCUT2D eigenvalue weighted by Gasteiger charge is 2.17. The average Bonchev–Trinajstić information content (AvgIpc) is 3.17. The van der Waals surface area contributed by atoms with Gasteiger partial charge in [0.1, 0.15) is 11.5 Å². The number of rotatable bonds is 5. The van der Waals surface area contributed by atoms with Crippen molar-refractivity contribution in [1.29, 1.82) is 0 Å². The third-order valence-electron chi connectivity index (χ3n) is 5.33. The Kier molecular flexibility index (Phi) is 5.74. The molecule has 3 aromatic carbocycles. The van der Waals surface area contributed by atoms with Gasteiger partial charge in [-0.2, -0.15) is 9.78 Å². The van der Waals surface area contributed by atoms with E-state index in [0.717, 1.165) is 5.56 Å². The number of hydrogen-bond acceptors (Lipinski definition) is 4. The van der Waals surface area contributed by atoms with Crippen LogP contribution in [0.1, 0.15) is 43.6 Å². The first-order chi connectivity index (χ1) is 15.7. The number of aromatic carboxylic acids is 1. The van der Waals surface area contributed by atoms with Gasteiger partial charge in [-0.15, -0.1) is 0 Å². The zero-order valence-corrected chi connectivity index (χ0v) is 17.9. The van der Waals surface area contributed by atoms with Gasteiger partial charge in [0, 0.05) is 30.0 Å². The SMILES string of the molecule is CC(=O)n1nc(-c2ccc(F)cc2)c2cc(C(=O)NCc3ccc(C(=O)O)c(C)c3)ccc21. The van der Waals surface area contributed by atoms with E-state index in [1.807, 2.05) is 0 Å². The lowest BCUT2D eigenvalue weighted by atomic mass is 10.0.